The predicted molar refractivity (Wildman–Crippen MR) is 87.4 cm³/mol. The summed E-state index contributed by atoms with van der Waals surface area (Å²) in [6, 6.07) is 12.4. The summed E-state index contributed by atoms with van der Waals surface area (Å²) in [5.74, 6) is 0.971. The predicted octanol–water partition coefficient (Wildman–Crippen LogP) is 3.22. The van der Waals surface area contributed by atoms with Gasteiger partial charge in [0.15, 0.2) is 0 Å². The van der Waals surface area contributed by atoms with Crippen LogP contribution < -0.4 is 4.74 Å². The van der Waals surface area contributed by atoms with E-state index in [1.807, 2.05) is 36.2 Å². The summed E-state index contributed by atoms with van der Waals surface area (Å²) in [7, 11) is 3.51. The third kappa shape index (κ3) is 3.91. The van der Waals surface area contributed by atoms with Gasteiger partial charge in [-0.2, -0.15) is 0 Å². The van der Waals surface area contributed by atoms with Gasteiger partial charge in [0.05, 0.1) is 19.8 Å². The van der Waals surface area contributed by atoms with Crippen LogP contribution in [0.3, 0.4) is 0 Å². The molecule has 118 valence electrons. The highest BCUT2D eigenvalue weighted by atomic mass is 35.5. The Kier molecular flexibility index (Phi) is 5.66. The highest BCUT2D eigenvalue weighted by Gasteiger charge is 2.17. The van der Waals surface area contributed by atoms with E-state index in [-0.39, 0.29) is 18.4 Å². The molecule has 0 amide bonds. The lowest BCUT2D eigenvalue weighted by Crippen LogP contribution is -2.27. The van der Waals surface area contributed by atoms with Crippen LogP contribution in [0.2, 0.25) is 5.02 Å². The molecule has 1 atom stereocenters. The highest BCUT2D eigenvalue weighted by molar-refractivity contribution is 6.30. The Morgan fingerprint density at radius 2 is 1.86 bits per heavy atom. The van der Waals surface area contributed by atoms with E-state index in [9.17, 15) is 10.2 Å². The van der Waals surface area contributed by atoms with Crippen LogP contribution in [-0.4, -0.2) is 35.9 Å². The van der Waals surface area contributed by atoms with Gasteiger partial charge in [0.2, 0.25) is 0 Å². The average molecular weight is 322 g/mol. The third-order valence-electron chi connectivity index (χ3n) is 3.67. The second kappa shape index (κ2) is 7.49. The van der Waals surface area contributed by atoms with Crippen LogP contribution in [-0.2, 0) is 6.54 Å². The van der Waals surface area contributed by atoms with E-state index in [4.69, 9.17) is 16.3 Å². The molecule has 0 fully saturated rings. The summed E-state index contributed by atoms with van der Waals surface area (Å²) in [5.41, 5.74) is 1.70. The fourth-order valence-corrected chi connectivity index (χ4v) is 2.58. The molecule has 0 aliphatic rings. The smallest absolute Gasteiger partial charge is 0.120 e. The zero-order chi connectivity index (χ0) is 16.1. The van der Waals surface area contributed by atoms with Crippen molar-refractivity contribution in [2.24, 2.45) is 0 Å². The molecule has 0 radical (unpaired) electrons. The van der Waals surface area contributed by atoms with Gasteiger partial charge in [-0.25, -0.2) is 0 Å². The summed E-state index contributed by atoms with van der Waals surface area (Å²) in [5, 5.41) is 20.2. The maximum atomic E-state index is 9.91. The number of aliphatic hydroxyl groups is 1. The number of nitrogens with zero attached hydrogens (tertiary/aromatic N) is 1. The number of phenols is 1. The Bertz CT molecular complexity index is 616. The first-order valence-corrected chi connectivity index (χ1v) is 7.35. The van der Waals surface area contributed by atoms with Crippen LogP contribution in [0.15, 0.2) is 42.5 Å². The molecule has 4 nitrogen and oxygen atoms in total. The SMILES string of the molecule is COc1ccc(C(CO)N(C)Cc2cc(Cl)ccc2O)cc1. The summed E-state index contributed by atoms with van der Waals surface area (Å²) in [6.07, 6.45) is 0. The van der Waals surface area contributed by atoms with Gasteiger partial charge in [0.25, 0.3) is 0 Å². The number of benzene rings is 2. The van der Waals surface area contributed by atoms with Crippen molar-refractivity contribution in [2.75, 3.05) is 20.8 Å². The van der Waals surface area contributed by atoms with Crippen molar-refractivity contribution >= 4 is 11.6 Å². The van der Waals surface area contributed by atoms with E-state index in [1.165, 1.54) is 0 Å². The molecule has 0 bridgehead atoms. The normalized spacial score (nSPS) is 12.4. The van der Waals surface area contributed by atoms with Crippen LogP contribution >= 0.6 is 11.6 Å². The minimum Gasteiger partial charge on any atom is -0.508 e. The zero-order valence-electron chi connectivity index (χ0n) is 12.7. The Balaban J connectivity index is 2.17. The van der Waals surface area contributed by atoms with E-state index >= 15 is 0 Å². The fraction of sp³-hybridized carbons (Fsp3) is 0.294. The van der Waals surface area contributed by atoms with Crippen LogP contribution in [0.1, 0.15) is 17.2 Å². The molecule has 0 aromatic heterocycles. The molecule has 22 heavy (non-hydrogen) atoms. The second-order valence-electron chi connectivity index (χ2n) is 5.16. The van der Waals surface area contributed by atoms with Gasteiger partial charge >= 0.3 is 0 Å². The quantitative estimate of drug-likeness (QED) is 0.857. The van der Waals surface area contributed by atoms with Crippen molar-refractivity contribution in [1.29, 1.82) is 0 Å². The van der Waals surface area contributed by atoms with Crippen molar-refractivity contribution in [2.45, 2.75) is 12.6 Å². The van der Waals surface area contributed by atoms with Gasteiger partial charge in [-0.15, -0.1) is 0 Å². The lowest BCUT2D eigenvalue weighted by atomic mass is 10.1. The van der Waals surface area contributed by atoms with E-state index < -0.39 is 0 Å². The molecule has 2 N–H and O–H groups in total. The number of hydrogen-bond donors (Lipinski definition) is 2. The maximum absolute atomic E-state index is 9.91. The summed E-state index contributed by atoms with van der Waals surface area (Å²) < 4.78 is 5.14. The van der Waals surface area contributed by atoms with Crippen molar-refractivity contribution in [3.05, 3.63) is 58.6 Å². The number of ether oxygens (including phenoxy) is 1. The molecule has 0 aliphatic carbocycles. The van der Waals surface area contributed by atoms with Crippen LogP contribution in [0.25, 0.3) is 0 Å². The number of likely N-dealkylation sites (N-methyl/N-ethyl adjacent to an activating group) is 1. The molecule has 2 rings (SSSR count). The number of hydrogen-bond acceptors (Lipinski definition) is 4. The van der Waals surface area contributed by atoms with Gasteiger partial charge in [0, 0.05) is 17.1 Å². The Hall–Kier alpha value is -1.75. The van der Waals surface area contributed by atoms with E-state index in [0.717, 1.165) is 16.9 Å². The molecule has 0 heterocycles. The van der Waals surface area contributed by atoms with Gasteiger partial charge in [-0.1, -0.05) is 23.7 Å². The largest absolute Gasteiger partial charge is 0.508 e. The molecule has 1 unspecified atom stereocenters. The van der Waals surface area contributed by atoms with Gasteiger partial charge in [-0.05, 0) is 42.9 Å². The Labute approximate surface area is 135 Å². The molecule has 2 aromatic carbocycles. The molecule has 0 saturated carbocycles. The highest BCUT2D eigenvalue weighted by Crippen LogP contribution is 2.27. The maximum Gasteiger partial charge on any atom is 0.120 e. The molecule has 0 aliphatic heterocycles. The van der Waals surface area contributed by atoms with Crippen LogP contribution in [0.4, 0.5) is 0 Å². The molecule has 0 saturated heterocycles. The average Bonchev–Trinajstić information content (AvgIpc) is 2.52. The summed E-state index contributed by atoms with van der Waals surface area (Å²) in [4.78, 5) is 1.97. The Morgan fingerprint density at radius 3 is 2.45 bits per heavy atom. The van der Waals surface area contributed by atoms with Crippen molar-refractivity contribution in [1.82, 2.24) is 4.90 Å². The van der Waals surface area contributed by atoms with Crippen molar-refractivity contribution in [3.8, 4) is 11.5 Å². The van der Waals surface area contributed by atoms with E-state index in [1.54, 1.807) is 25.3 Å². The fourth-order valence-electron chi connectivity index (χ4n) is 2.38. The number of rotatable bonds is 6. The van der Waals surface area contributed by atoms with Gasteiger partial charge < -0.3 is 14.9 Å². The van der Waals surface area contributed by atoms with Crippen LogP contribution in [0.5, 0.6) is 11.5 Å². The van der Waals surface area contributed by atoms with E-state index in [2.05, 4.69) is 0 Å². The number of aromatic hydroxyl groups is 1. The molecule has 5 heteroatoms. The van der Waals surface area contributed by atoms with Crippen LogP contribution in [0, 0.1) is 0 Å². The first kappa shape index (κ1) is 16.6. The van der Waals surface area contributed by atoms with Crippen molar-refractivity contribution in [3.63, 3.8) is 0 Å². The lowest BCUT2D eigenvalue weighted by Gasteiger charge is -2.27. The minimum atomic E-state index is -0.177. The summed E-state index contributed by atoms with van der Waals surface area (Å²) >= 11 is 5.97. The number of methoxy groups -OCH3 is 1. The monoisotopic (exact) mass is 321 g/mol. The first-order valence-electron chi connectivity index (χ1n) is 6.97. The Morgan fingerprint density at radius 1 is 1.18 bits per heavy atom. The number of aliphatic hydroxyl groups excluding tert-OH is 1. The number of halogens is 1. The first-order chi connectivity index (χ1) is 10.5. The van der Waals surface area contributed by atoms with Gasteiger partial charge in [0.1, 0.15) is 11.5 Å². The third-order valence-corrected chi connectivity index (χ3v) is 3.90. The minimum absolute atomic E-state index is 0.0237. The number of phenolic OH excluding ortho intramolecular Hbond substituents is 1. The molecular weight excluding hydrogens is 302 g/mol. The van der Waals surface area contributed by atoms with Crippen molar-refractivity contribution < 1.29 is 14.9 Å². The van der Waals surface area contributed by atoms with Gasteiger partial charge in [-0.3, -0.25) is 4.90 Å². The standard InChI is InChI=1S/C17H20ClNO3/c1-19(10-13-9-14(18)5-8-17(13)21)16(11-20)12-3-6-15(22-2)7-4-12/h3-9,16,20-21H,10-11H2,1-2H3. The topological polar surface area (TPSA) is 52.9 Å². The summed E-state index contributed by atoms with van der Waals surface area (Å²) in [6.45, 7) is 0.452. The molecular formula is C17H20ClNO3. The molecule has 2 aromatic rings. The lowest BCUT2D eigenvalue weighted by molar-refractivity contribution is 0.141. The zero-order valence-corrected chi connectivity index (χ0v) is 13.4. The van der Waals surface area contributed by atoms with E-state index in [0.29, 0.717) is 11.6 Å². The second-order valence-corrected chi connectivity index (χ2v) is 5.60. The molecule has 0 spiro atoms.